The number of methoxy groups -OCH3 is 1. The fraction of sp³-hybridized carbons (Fsp3) is 0.400. The maximum Gasteiger partial charge on any atom is 0.248 e. The first-order valence-corrected chi connectivity index (χ1v) is 13.0. The molecular formula is C30H38N4O5. The first kappa shape index (κ1) is 29.4. The van der Waals surface area contributed by atoms with Crippen molar-refractivity contribution in [2.75, 3.05) is 17.3 Å². The van der Waals surface area contributed by atoms with Crippen molar-refractivity contribution in [1.29, 1.82) is 0 Å². The van der Waals surface area contributed by atoms with Gasteiger partial charge in [-0.3, -0.25) is 19.3 Å². The second-order valence-corrected chi connectivity index (χ2v) is 10.3. The van der Waals surface area contributed by atoms with Crippen LogP contribution in [0.4, 0.5) is 11.5 Å². The summed E-state index contributed by atoms with van der Waals surface area (Å²) in [4.78, 5) is 42.0. The Labute approximate surface area is 229 Å². The Bertz CT molecular complexity index is 1310. The number of nitrogens with zero attached hydrogens (tertiary/aromatic N) is 2. The predicted molar refractivity (Wildman–Crippen MR) is 151 cm³/mol. The van der Waals surface area contributed by atoms with E-state index in [2.05, 4.69) is 15.8 Å². The molecule has 3 amide bonds. The lowest BCUT2D eigenvalue weighted by Crippen LogP contribution is -2.50. The van der Waals surface area contributed by atoms with Crippen LogP contribution in [0.1, 0.15) is 68.5 Å². The van der Waals surface area contributed by atoms with Gasteiger partial charge in [0.05, 0.1) is 7.11 Å². The van der Waals surface area contributed by atoms with E-state index in [4.69, 9.17) is 9.26 Å². The molecule has 0 spiro atoms. The van der Waals surface area contributed by atoms with Gasteiger partial charge in [-0.25, -0.2) is 0 Å². The lowest BCUT2D eigenvalue weighted by atomic mass is 9.96. The molecule has 3 rings (SSSR count). The summed E-state index contributed by atoms with van der Waals surface area (Å²) in [6.07, 6.45) is 0.490. The molecule has 0 fully saturated rings. The highest BCUT2D eigenvalue weighted by Crippen LogP contribution is 2.34. The molecular weight excluding hydrogens is 496 g/mol. The minimum absolute atomic E-state index is 0.0937. The molecule has 1 atom stereocenters. The van der Waals surface area contributed by atoms with Gasteiger partial charge in [-0.15, -0.1) is 0 Å². The van der Waals surface area contributed by atoms with Crippen molar-refractivity contribution in [3.8, 4) is 5.75 Å². The summed E-state index contributed by atoms with van der Waals surface area (Å²) in [7, 11) is 1.57. The summed E-state index contributed by atoms with van der Waals surface area (Å²) in [6.45, 7) is 11.5. The summed E-state index contributed by atoms with van der Waals surface area (Å²) in [5.74, 6) is 0.426. The number of benzene rings is 2. The highest BCUT2D eigenvalue weighted by Gasteiger charge is 2.35. The topological polar surface area (TPSA) is 114 Å². The number of ether oxygens (including phenoxy) is 1. The van der Waals surface area contributed by atoms with Crippen LogP contribution < -0.4 is 20.3 Å². The normalized spacial score (nSPS) is 12.0. The Hall–Kier alpha value is -4.14. The van der Waals surface area contributed by atoms with Crippen molar-refractivity contribution in [3.05, 3.63) is 71.0 Å². The Morgan fingerprint density at radius 2 is 1.74 bits per heavy atom. The molecule has 0 aliphatic carbocycles. The van der Waals surface area contributed by atoms with Gasteiger partial charge in [0.25, 0.3) is 0 Å². The Morgan fingerprint density at radius 3 is 2.33 bits per heavy atom. The Kier molecular flexibility index (Phi) is 9.51. The summed E-state index contributed by atoms with van der Waals surface area (Å²) in [5, 5.41) is 9.52. The van der Waals surface area contributed by atoms with E-state index in [0.717, 1.165) is 11.1 Å². The van der Waals surface area contributed by atoms with E-state index in [0.29, 0.717) is 29.2 Å². The number of aromatic nitrogens is 1. The van der Waals surface area contributed by atoms with Crippen LogP contribution in [0.3, 0.4) is 0 Å². The minimum atomic E-state index is -0.976. The van der Waals surface area contributed by atoms with E-state index in [1.54, 1.807) is 44.4 Å². The van der Waals surface area contributed by atoms with E-state index in [9.17, 15) is 14.4 Å². The van der Waals surface area contributed by atoms with Crippen LogP contribution in [0.5, 0.6) is 5.75 Å². The lowest BCUT2D eigenvalue weighted by molar-refractivity contribution is -0.128. The van der Waals surface area contributed by atoms with Crippen molar-refractivity contribution in [2.24, 2.45) is 0 Å². The summed E-state index contributed by atoms with van der Waals surface area (Å²) < 4.78 is 10.3. The average Bonchev–Trinajstić information content (AvgIpc) is 3.31. The number of hydrogen-bond acceptors (Lipinski definition) is 6. The molecule has 0 saturated heterocycles. The maximum absolute atomic E-state index is 14.0. The van der Waals surface area contributed by atoms with E-state index in [1.165, 1.54) is 4.90 Å². The molecule has 39 heavy (non-hydrogen) atoms. The third-order valence-corrected chi connectivity index (χ3v) is 6.85. The van der Waals surface area contributed by atoms with Crippen LogP contribution in [0, 0.1) is 20.8 Å². The smallest absolute Gasteiger partial charge is 0.248 e. The minimum Gasteiger partial charge on any atom is -0.497 e. The molecule has 2 aromatic carbocycles. The van der Waals surface area contributed by atoms with E-state index in [1.807, 2.05) is 52.8 Å². The lowest BCUT2D eigenvalue weighted by Gasteiger charge is -2.35. The third kappa shape index (κ3) is 7.46. The van der Waals surface area contributed by atoms with Gasteiger partial charge >= 0.3 is 0 Å². The van der Waals surface area contributed by atoms with Crippen molar-refractivity contribution in [3.63, 3.8) is 0 Å². The van der Waals surface area contributed by atoms with Gasteiger partial charge in [0.1, 0.15) is 17.6 Å². The molecule has 2 N–H and O–H groups in total. The Balaban J connectivity index is 2.02. The van der Waals surface area contributed by atoms with Crippen molar-refractivity contribution in [1.82, 2.24) is 10.5 Å². The van der Waals surface area contributed by atoms with Crippen LogP contribution in [-0.2, 0) is 14.4 Å². The molecule has 0 saturated carbocycles. The van der Waals surface area contributed by atoms with Gasteiger partial charge in [0.2, 0.25) is 17.7 Å². The number of anilines is 2. The van der Waals surface area contributed by atoms with Gasteiger partial charge < -0.3 is 19.9 Å². The maximum atomic E-state index is 14.0. The summed E-state index contributed by atoms with van der Waals surface area (Å²) in [6, 6.07) is 13.4. The van der Waals surface area contributed by atoms with Gasteiger partial charge in [-0.2, -0.15) is 0 Å². The number of rotatable bonds is 11. The molecule has 0 aliphatic rings. The zero-order valence-electron chi connectivity index (χ0n) is 23.8. The second-order valence-electron chi connectivity index (χ2n) is 10.3. The van der Waals surface area contributed by atoms with Gasteiger partial charge in [0, 0.05) is 30.1 Å². The first-order valence-electron chi connectivity index (χ1n) is 13.0. The van der Waals surface area contributed by atoms with Crippen molar-refractivity contribution >= 4 is 29.2 Å². The first-order chi connectivity index (χ1) is 18.5. The van der Waals surface area contributed by atoms with Crippen LogP contribution >= 0.6 is 0 Å². The standard InChI is InChI=1S/C30H38N4O5/c1-8-30(5,6)32-29(37)28(22-12-14-23(38-7)15-13-22)34(24-11-9-10-19(2)21(24)4)27(36)17-16-26(35)31-25-18-20(3)39-33-25/h9-15,18,28H,8,16-17H2,1-7H3,(H,32,37)(H,31,33,35). The van der Waals surface area contributed by atoms with Gasteiger partial charge in [-0.05, 0) is 75.9 Å². The van der Waals surface area contributed by atoms with E-state index < -0.39 is 11.6 Å². The predicted octanol–water partition coefficient (Wildman–Crippen LogP) is 5.41. The number of hydrogen-bond donors (Lipinski definition) is 2. The summed E-state index contributed by atoms with van der Waals surface area (Å²) in [5.41, 5.74) is 2.59. The molecule has 1 unspecified atom stereocenters. The largest absolute Gasteiger partial charge is 0.497 e. The molecule has 208 valence electrons. The fourth-order valence-electron chi connectivity index (χ4n) is 4.08. The highest BCUT2D eigenvalue weighted by atomic mass is 16.5. The molecule has 3 aromatic rings. The zero-order chi connectivity index (χ0) is 28.7. The molecule has 0 bridgehead atoms. The number of carbonyl (C=O) groups is 3. The number of nitrogens with one attached hydrogen (secondary N) is 2. The average molecular weight is 535 g/mol. The Morgan fingerprint density at radius 1 is 1.05 bits per heavy atom. The second kappa shape index (κ2) is 12.6. The van der Waals surface area contributed by atoms with Crippen molar-refractivity contribution in [2.45, 2.75) is 72.4 Å². The molecule has 0 aliphatic heterocycles. The van der Waals surface area contributed by atoms with Crippen LogP contribution in [0.15, 0.2) is 53.1 Å². The molecule has 9 heteroatoms. The molecule has 0 radical (unpaired) electrons. The third-order valence-electron chi connectivity index (χ3n) is 6.85. The number of carbonyl (C=O) groups excluding carboxylic acids is 3. The van der Waals surface area contributed by atoms with Crippen LogP contribution in [-0.4, -0.2) is 35.5 Å². The monoisotopic (exact) mass is 534 g/mol. The SMILES string of the molecule is CCC(C)(C)NC(=O)C(c1ccc(OC)cc1)N(C(=O)CCC(=O)Nc1cc(C)on1)c1cccc(C)c1C. The molecule has 9 nitrogen and oxygen atoms in total. The number of amides is 3. The number of aryl methyl sites for hydroxylation is 2. The van der Waals surface area contributed by atoms with Crippen LogP contribution in [0.25, 0.3) is 0 Å². The van der Waals surface area contributed by atoms with Gasteiger partial charge in [0.15, 0.2) is 5.82 Å². The van der Waals surface area contributed by atoms with Crippen LogP contribution in [0.2, 0.25) is 0 Å². The molecule has 1 heterocycles. The summed E-state index contributed by atoms with van der Waals surface area (Å²) >= 11 is 0. The zero-order valence-corrected chi connectivity index (χ0v) is 23.8. The highest BCUT2D eigenvalue weighted by molar-refractivity contribution is 6.03. The quantitative estimate of drug-likeness (QED) is 0.340. The van der Waals surface area contributed by atoms with Gasteiger partial charge in [-0.1, -0.05) is 36.3 Å². The molecule has 1 aromatic heterocycles. The fourth-order valence-corrected chi connectivity index (χ4v) is 4.08. The van der Waals surface area contributed by atoms with E-state index in [-0.39, 0.29) is 36.4 Å². The van der Waals surface area contributed by atoms with E-state index >= 15 is 0 Å². The van der Waals surface area contributed by atoms with Crippen molar-refractivity contribution < 1.29 is 23.6 Å².